The maximum absolute atomic E-state index is 12.5. The maximum Gasteiger partial charge on any atom is 0.310 e. The summed E-state index contributed by atoms with van der Waals surface area (Å²) in [5.74, 6) is -0.759. The topological polar surface area (TPSA) is 70.5 Å². The van der Waals surface area contributed by atoms with E-state index < -0.39 is 11.9 Å². The average Bonchev–Trinajstić information content (AvgIpc) is 2.58. The van der Waals surface area contributed by atoms with Gasteiger partial charge in [0.2, 0.25) is 0 Å². The molecule has 3 rings (SSSR count). The number of amides is 1. The predicted molar refractivity (Wildman–Crippen MR) is 97.5 cm³/mol. The van der Waals surface area contributed by atoms with E-state index in [9.17, 15) is 9.59 Å². The molecule has 0 spiro atoms. The number of hydrogen-bond donors (Lipinski definition) is 1. The minimum absolute atomic E-state index is 0.153. The van der Waals surface area contributed by atoms with Gasteiger partial charge in [0, 0.05) is 25.0 Å². The lowest BCUT2D eigenvalue weighted by Crippen LogP contribution is -2.53. The zero-order valence-corrected chi connectivity index (χ0v) is 14.4. The minimum Gasteiger partial charge on any atom is -0.481 e. The number of carboxylic acid groups (broad SMARTS) is 1. The second-order valence-electron chi connectivity index (χ2n) is 5.73. The van der Waals surface area contributed by atoms with Crippen LogP contribution in [0.2, 0.25) is 0 Å². The molecular formula is C19H18N2O3S. The fourth-order valence-electron chi connectivity index (χ4n) is 2.51. The zero-order chi connectivity index (χ0) is 17.6. The number of aliphatic carboxylic acids is 1. The number of aromatic nitrogens is 1. The molecule has 1 saturated heterocycles. The zero-order valence-electron chi connectivity index (χ0n) is 13.5. The fraction of sp³-hybridized carbons (Fsp3) is 0.211. The van der Waals surface area contributed by atoms with Gasteiger partial charge in [-0.25, -0.2) is 4.98 Å². The molecule has 0 saturated carbocycles. The lowest BCUT2D eigenvalue weighted by atomic mass is 9.99. The van der Waals surface area contributed by atoms with Crippen molar-refractivity contribution in [1.82, 2.24) is 9.88 Å². The number of thioether (sulfide) groups is 1. The van der Waals surface area contributed by atoms with Crippen LogP contribution in [0.4, 0.5) is 0 Å². The van der Waals surface area contributed by atoms with Crippen LogP contribution in [-0.4, -0.2) is 45.7 Å². The van der Waals surface area contributed by atoms with Gasteiger partial charge in [0.25, 0.3) is 5.91 Å². The van der Waals surface area contributed by atoms with Gasteiger partial charge in [-0.2, -0.15) is 0 Å². The molecule has 1 fully saturated rings. The third-order valence-corrected chi connectivity index (χ3v) is 4.90. The van der Waals surface area contributed by atoms with Crippen LogP contribution in [0.1, 0.15) is 15.9 Å². The molecule has 128 valence electrons. The van der Waals surface area contributed by atoms with Crippen molar-refractivity contribution in [3.63, 3.8) is 0 Å². The van der Waals surface area contributed by atoms with E-state index in [-0.39, 0.29) is 19.0 Å². The number of rotatable bonds is 6. The molecule has 0 bridgehead atoms. The Morgan fingerprint density at radius 1 is 1.20 bits per heavy atom. The van der Waals surface area contributed by atoms with Crippen molar-refractivity contribution in [2.24, 2.45) is 5.92 Å². The molecule has 0 atom stereocenters. The normalized spacial score (nSPS) is 14.5. The van der Waals surface area contributed by atoms with E-state index in [0.29, 0.717) is 16.3 Å². The molecule has 1 amide bonds. The maximum atomic E-state index is 12.5. The van der Waals surface area contributed by atoms with Crippen molar-refractivity contribution < 1.29 is 14.7 Å². The number of benzene rings is 1. The molecule has 0 unspecified atom stereocenters. The molecule has 6 heteroatoms. The summed E-state index contributed by atoms with van der Waals surface area (Å²) in [5.41, 5.74) is 1.66. The van der Waals surface area contributed by atoms with Crippen molar-refractivity contribution in [1.29, 1.82) is 0 Å². The Hall–Kier alpha value is -2.60. The molecule has 2 aromatic rings. The van der Waals surface area contributed by atoms with Gasteiger partial charge >= 0.3 is 5.97 Å². The van der Waals surface area contributed by atoms with Crippen LogP contribution in [0.15, 0.2) is 59.8 Å². The molecule has 2 heterocycles. The third-order valence-electron chi connectivity index (χ3n) is 3.95. The van der Waals surface area contributed by atoms with E-state index in [1.807, 2.05) is 42.5 Å². The van der Waals surface area contributed by atoms with Crippen LogP contribution >= 0.6 is 11.8 Å². The average molecular weight is 354 g/mol. The van der Waals surface area contributed by atoms with E-state index in [1.54, 1.807) is 23.2 Å². The monoisotopic (exact) mass is 354 g/mol. The van der Waals surface area contributed by atoms with E-state index in [2.05, 4.69) is 4.98 Å². The number of likely N-dealkylation sites (tertiary alicyclic amines) is 1. The quantitative estimate of drug-likeness (QED) is 0.808. The Bertz CT molecular complexity index is 786. The number of carboxylic acids is 1. The first-order valence-electron chi connectivity index (χ1n) is 7.96. The van der Waals surface area contributed by atoms with Crippen molar-refractivity contribution >= 4 is 29.7 Å². The van der Waals surface area contributed by atoms with Crippen LogP contribution in [0.25, 0.3) is 6.08 Å². The summed E-state index contributed by atoms with van der Waals surface area (Å²) in [6.45, 7) is 0.530. The molecule has 0 radical (unpaired) electrons. The summed E-state index contributed by atoms with van der Waals surface area (Å²) in [4.78, 5) is 29.3. The molecule has 5 nitrogen and oxygen atoms in total. The van der Waals surface area contributed by atoms with E-state index >= 15 is 0 Å². The van der Waals surface area contributed by atoms with Crippen molar-refractivity contribution in [3.05, 3.63) is 65.9 Å². The number of carbonyl (C=O) groups excluding carboxylic acids is 1. The second-order valence-corrected chi connectivity index (χ2v) is 6.73. The van der Waals surface area contributed by atoms with Crippen molar-refractivity contribution in [2.45, 2.75) is 5.03 Å². The van der Waals surface area contributed by atoms with Crippen LogP contribution in [0.5, 0.6) is 0 Å². The van der Waals surface area contributed by atoms with Crippen molar-refractivity contribution in [3.8, 4) is 0 Å². The standard InChI is InChI=1S/C19H18N2O3S/c22-18(21-12-15(13-21)19(23)24)16-9-4-10-20-17(16)25-11-5-8-14-6-2-1-3-7-14/h1-10,15H,11-13H2,(H,23,24)/b8-5+. The lowest BCUT2D eigenvalue weighted by Gasteiger charge is -2.36. The van der Waals surface area contributed by atoms with Gasteiger partial charge in [0.1, 0.15) is 5.03 Å². The van der Waals surface area contributed by atoms with Crippen LogP contribution in [0, 0.1) is 5.92 Å². The SMILES string of the molecule is O=C(O)C1CN(C(=O)c2cccnc2SC/C=C/c2ccccc2)C1. The van der Waals surface area contributed by atoms with Crippen LogP contribution in [-0.2, 0) is 4.79 Å². The van der Waals surface area contributed by atoms with Crippen LogP contribution in [0.3, 0.4) is 0 Å². The molecule has 1 aromatic carbocycles. The van der Waals surface area contributed by atoms with Gasteiger partial charge in [-0.15, -0.1) is 11.8 Å². The Balaban J connectivity index is 1.60. The van der Waals surface area contributed by atoms with E-state index in [1.165, 1.54) is 11.8 Å². The van der Waals surface area contributed by atoms with Crippen LogP contribution < -0.4 is 0 Å². The molecule has 25 heavy (non-hydrogen) atoms. The molecule has 1 aromatic heterocycles. The first-order valence-corrected chi connectivity index (χ1v) is 8.95. The highest BCUT2D eigenvalue weighted by molar-refractivity contribution is 7.99. The summed E-state index contributed by atoms with van der Waals surface area (Å²) in [7, 11) is 0. The number of carbonyl (C=O) groups is 2. The van der Waals surface area contributed by atoms with E-state index in [4.69, 9.17) is 5.11 Å². The molecule has 1 N–H and O–H groups in total. The highest BCUT2D eigenvalue weighted by atomic mass is 32.2. The highest BCUT2D eigenvalue weighted by Gasteiger charge is 2.36. The van der Waals surface area contributed by atoms with Gasteiger partial charge in [-0.3, -0.25) is 9.59 Å². The van der Waals surface area contributed by atoms with Gasteiger partial charge in [-0.05, 0) is 17.7 Å². The summed E-state index contributed by atoms with van der Waals surface area (Å²) in [5, 5.41) is 9.60. The molecular weight excluding hydrogens is 336 g/mol. The Morgan fingerprint density at radius 3 is 2.68 bits per heavy atom. The molecule has 1 aliphatic heterocycles. The second kappa shape index (κ2) is 7.98. The predicted octanol–water partition coefficient (Wildman–Crippen LogP) is 3.04. The summed E-state index contributed by atoms with van der Waals surface area (Å²) >= 11 is 1.49. The summed E-state index contributed by atoms with van der Waals surface area (Å²) in [6, 6.07) is 13.5. The Labute approximate surface area is 150 Å². The van der Waals surface area contributed by atoms with E-state index in [0.717, 1.165) is 5.56 Å². The number of nitrogens with zero attached hydrogens (tertiary/aromatic N) is 2. The smallest absolute Gasteiger partial charge is 0.310 e. The van der Waals surface area contributed by atoms with Gasteiger partial charge in [0.05, 0.1) is 11.5 Å². The first-order chi connectivity index (χ1) is 12.1. The Morgan fingerprint density at radius 2 is 1.96 bits per heavy atom. The van der Waals surface area contributed by atoms with Crippen molar-refractivity contribution in [2.75, 3.05) is 18.8 Å². The largest absolute Gasteiger partial charge is 0.481 e. The molecule has 0 aliphatic carbocycles. The van der Waals surface area contributed by atoms with Gasteiger partial charge in [0.15, 0.2) is 0 Å². The Kier molecular flexibility index (Phi) is 5.50. The third kappa shape index (κ3) is 4.28. The number of hydrogen-bond acceptors (Lipinski definition) is 4. The van der Waals surface area contributed by atoms with Gasteiger partial charge < -0.3 is 10.0 Å². The summed E-state index contributed by atoms with van der Waals surface area (Å²) < 4.78 is 0. The first kappa shape index (κ1) is 17.2. The van der Waals surface area contributed by atoms with Gasteiger partial charge in [-0.1, -0.05) is 42.5 Å². The summed E-state index contributed by atoms with van der Waals surface area (Å²) in [6.07, 6.45) is 5.73. The highest BCUT2D eigenvalue weighted by Crippen LogP contribution is 2.25. The molecule has 1 aliphatic rings. The fourth-order valence-corrected chi connectivity index (χ4v) is 3.31. The number of pyridine rings is 1. The minimum atomic E-state index is -0.851. The lowest BCUT2D eigenvalue weighted by molar-refractivity contribution is -0.146.